The van der Waals surface area contributed by atoms with Gasteiger partial charge in [0.25, 0.3) is 0 Å². The van der Waals surface area contributed by atoms with Gasteiger partial charge in [0.2, 0.25) is 0 Å². The average Bonchev–Trinajstić information content (AvgIpc) is 3.51. The van der Waals surface area contributed by atoms with E-state index in [1.54, 1.807) is 0 Å². The Labute approximate surface area is 266 Å². The topological polar surface area (TPSA) is 57.3 Å². The molecule has 0 N–H and O–H groups in total. The van der Waals surface area contributed by atoms with Crippen LogP contribution in [0.3, 0.4) is 0 Å². The van der Waals surface area contributed by atoms with Gasteiger partial charge in [-0.3, -0.25) is 0 Å². The Morgan fingerprint density at radius 2 is 1.65 bits per heavy atom. The Kier molecular flexibility index (Phi) is 7.24. The number of anilines is 3. The first-order valence-electron chi connectivity index (χ1n) is 13.8. The molecule has 1 aliphatic rings. The van der Waals surface area contributed by atoms with Gasteiger partial charge in [0.05, 0.1) is 6.07 Å². The van der Waals surface area contributed by atoms with E-state index in [1.165, 1.54) is 5.56 Å². The molecule has 216 valence electrons. The molecule has 0 radical (unpaired) electrons. The maximum Gasteiger partial charge on any atom is 0.135 e. The SMILES string of the molecule is CN1[CH-]N(c2[c-]c(Oc3[c-]c4c(cc3)c3c(C#N)cccc3n4-c3cc(C(C)(C)C)ccn3)ccc2)c2ccccc21.[Pt]. The van der Waals surface area contributed by atoms with Crippen molar-refractivity contribution >= 4 is 38.9 Å². The van der Waals surface area contributed by atoms with Gasteiger partial charge >= 0.3 is 0 Å². The molecular formula is C36H28N5OPt-3. The number of ether oxygens (including phenoxy) is 1. The second-order valence-electron chi connectivity index (χ2n) is 11.5. The van der Waals surface area contributed by atoms with Crippen molar-refractivity contribution in [3.63, 3.8) is 0 Å². The second kappa shape index (κ2) is 10.9. The van der Waals surface area contributed by atoms with E-state index in [9.17, 15) is 5.26 Å². The molecule has 0 unspecified atom stereocenters. The van der Waals surface area contributed by atoms with E-state index in [-0.39, 0.29) is 26.5 Å². The summed E-state index contributed by atoms with van der Waals surface area (Å²) in [4.78, 5) is 8.94. The molecule has 0 bridgehead atoms. The van der Waals surface area contributed by atoms with Gasteiger partial charge in [-0.05, 0) is 59.8 Å². The molecule has 0 aliphatic carbocycles. The van der Waals surface area contributed by atoms with E-state index in [0.29, 0.717) is 17.1 Å². The first kappa shape index (κ1) is 28.5. The van der Waals surface area contributed by atoms with Crippen molar-refractivity contribution in [2.45, 2.75) is 26.2 Å². The maximum absolute atomic E-state index is 9.95. The van der Waals surface area contributed by atoms with Gasteiger partial charge in [-0.2, -0.15) is 24.1 Å². The zero-order valence-corrected chi connectivity index (χ0v) is 26.5. The average molecular weight is 742 g/mol. The van der Waals surface area contributed by atoms with E-state index >= 15 is 0 Å². The summed E-state index contributed by atoms with van der Waals surface area (Å²) in [5, 5.41) is 11.7. The summed E-state index contributed by atoms with van der Waals surface area (Å²) in [7, 11) is 2.03. The molecule has 3 heterocycles. The van der Waals surface area contributed by atoms with Crippen molar-refractivity contribution in [2.24, 2.45) is 0 Å². The third kappa shape index (κ3) is 4.94. The van der Waals surface area contributed by atoms with E-state index in [4.69, 9.17) is 9.72 Å². The fraction of sp³-hybridized carbons (Fsp3) is 0.139. The number of pyridine rings is 1. The molecule has 6 aromatic rings. The summed E-state index contributed by atoms with van der Waals surface area (Å²) in [6, 6.07) is 37.2. The molecule has 0 atom stereocenters. The Balaban J connectivity index is 0.00000329. The largest absolute Gasteiger partial charge is 0.509 e. The summed E-state index contributed by atoms with van der Waals surface area (Å²) in [6.45, 7) is 8.60. The van der Waals surface area contributed by atoms with Crippen molar-refractivity contribution < 1.29 is 25.8 Å². The van der Waals surface area contributed by atoms with Gasteiger partial charge in [-0.15, -0.1) is 41.4 Å². The molecule has 0 spiro atoms. The van der Waals surface area contributed by atoms with Gasteiger partial charge in [-0.25, -0.2) is 4.98 Å². The number of hydrogen-bond acceptors (Lipinski definition) is 5. The van der Waals surface area contributed by atoms with Crippen LogP contribution in [-0.2, 0) is 26.5 Å². The van der Waals surface area contributed by atoms with E-state index < -0.39 is 0 Å². The molecule has 0 amide bonds. The predicted octanol–water partition coefficient (Wildman–Crippen LogP) is 8.45. The molecule has 43 heavy (non-hydrogen) atoms. The van der Waals surface area contributed by atoms with Gasteiger partial charge in [0.15, 0.2) is 0 Å². The predicted molar refractivity (Wildman–Crippen MR) is 167 cm³/mol. The summed E-state index contributed by atoms with van der Waals surface area (Å²) in [6.07, 6.45) is 1.84. The van der Waals surface area contributed by atoms with Crippen LogP contribution in [0.25, 0.3) is 27.6 Å². The summed E-state index contributed by atoms with van der Waals surface area (Å²) < 4.78 is 8.43. The number of para-hydroxylation sites is 2. The van der Waals surface area contributed by atoms with Crippen LogP contribution in [0.5, 0.6) is 11.5 Å². The van der Waals surface area contributed by atoms with E-state index in [1.807, 2.05) is 86.6 Å². The number of benzene rings is 4. The Hall–Kier alpha value is -4.59. The van der Waals surface area contributed by atoms with Crippen LogP contribution >= 0.6 is 0 Å². The molecule has 0 saturated carbocycles. The van der Waals surface area contributed by atoms with Crippen molar-refractivity contribution in [3.8, 4) is 23.4 Å². The molecule has 6 nitrogen and oxygen atoms in total. The number of fused-ring (bicyclic) bond motifs is 4. The van der Waals surface area contributed by atoms with Crippen molar-refractivity contribution in [2.75, 3.05) is 16.8 Å². The van der Waals surface area contributed by atoms with Crippen molar-refractivity contribution in [1.82, 2.24) is 9.55 Å². The van der Waals surface area contributed by atoms with Crippen LogP contribution in [0.1, 0.15) is 31.9 Å². The van der Waals surface area contributed by atoms with Crippen LogP contribution in [0.15, 0.2) is 91.1 Å². The molecule has 0 saturated heterocycles. The number of nitriles is 1. The first-order chi connectivity index (χ1) is 20.3. The van der Waals surface area contributed by atoms with Crippen LogP contribution < -0.4 is 14.5 Å². The minimum Gasteiger partial charge on any atom is -0.509 e. The Morgan fingerprint density at radius 3 is 2.44 bits per heavy atom. The Bertz CT molecular complexity index is 2030. The number of hydrogen-bond donors (Lipinski definition) is 0. The van der Waals surface area contributed by atoms with Gasteiger partial charge < -0.3 is 19.1 Å². The molecule has 7 heteroatoms. The minimum atomic E-state index is -0.0464. The zero-order valence-electron chi connectivity index (χ0n) is 24.2. The normalized spacial score (nSPS) is 12.7. The maximum atomic E-state index is 9.95. The number of aromatic nitrogens is 2. The van der Waals surface area contributed by atoms with Crippen LogP contribution in [0, 0.1) is 30.1 Å². The van der Waals surface area contributed by atoms with Crippen LogP contribution in [-0.4, -0.2) is 16.6 Å². The fourth-order valence-electron chi connectivity index (χ4n) is 5.58. The minimum absolute atomic E-state index is 0. The molecular weight excluding hydrogens is 714 g/mol. The summed E-state index contributed by atoms with van der Waals surface area (Å²) in [5.74, 6) is 1.90. The Morgan fingerprint density at radius 1 is 0.884 bits per heavy atom. The zero-order chi connectivity index (χ0) is 29.0. The van der Waals surface area contributed by atoms with Gasteiger partial charge in [0.1, 0.15) is 5.82 Å². The van der Waals surface area contributed by atoms with Crippen LogP contribution in [0.4, 0.5) is 17.1 Å². The molecule has 1 aliphatic heterocycles. The first-order valence-corrected chi connectivity index (χ1v) is 13.8. The van der Waals surface area contributed by atoms with Crippen LogP contribution in [0.2, 0.25) is 0 Å². The molecule has 7 rings (SSSR count). The smallest absolute Gasteiger partial charge is 0.135 e. The second-order valence-corrected chi connectivity index (χ2v) is 11.5. The van der Waals surface area contributed by atoms with Crippen molar-refractivity contribution in [3.05, 3.63) is 121 Å². The third-order valence-corrected chi connectivity index (χ3v) is 7.68. The molecule has 0 fully saturated rings. The third-order valence-electron chi connectivity index (χ3n) is 7.68. The van der Waals surface area contributed by atoms with Crippen molar-refractivity contribution in [1.29, 1.82) is 5.26 Å². The van der Waals surface area contributed by atoms with Gasteiger partial charge in [0, 0.05) is 61.2 Å². The number of nitrogens with zero attached hydrogens (tertiary/aromatic N) is 5. The van der Waals surface area contributed by atoms with E-state index in [0.717, 1.165) is 44.7 Å². The fourth-order valence-corrected chi connectivity index (χ4v) is 5.58. The van der Waals surface area contributed by atoms with Gasteiger partial charge in [-0.1, -0.05) is 44.5 Å². The molecule has 2 aromatic heterocycles. The number of rotatable bonds is 4. The summed E-state index contributed by atoms with van der Waals surface area (Å²) in [5.41, 5.74) is 6.52. The standard InChI is InChI=1S/C36H28N5O.Pt/c1-36(2,3)25-17-18-38-34(19-25)41-32-14-7-9-24(22-37)35(32)29-16-15-28(21-33(29)41)42-27-11-8-10-26(20-27)40-23-39(4)30-12-5-6-13-31(30)40;/h5-19,23H,1-4H3;/q-3;. The van der Waals surface area contributed by atoms with E-state index in [2.05, 4.69) is 71.5 Å². The summed E-state index contributed by atoms with van der Waals surface area (Å²) >= 11 is 0. The quantitative estimate of drug-likeness (QED) is 0.170. The molecule has 4 aromatic carbocycles. The monoisotopic (exact) mass is 741 g/mol.